The van der Waals surface area contributed by atoms with E-state index in [0.29, 0.717) is 62.9 Å². The molecule has 0 saturated carbocycles. The van der Waals surface area contributed by atoms with Gasteiger partial charge < -0.3 is 19.7 Å². The molecule has 0 bridgehead atoms. The quantitative estimate of drug-likeness (QED) is 0.662. The first-order valence-corrected chi connectivity index (χ1v) is 10.9. The lowest BCUT2D eigenvalue weighted by Gasteiger charge is -2.27. The molecule has 0 radical (unpaired) electrons. The lowest BCUT2D eigenvalue weighted by molar-refractivity contribution is -0.116. The lowest BCUT2D eigenvalue weighted by atomic mass is 10.1. The van der Waals surface area contributed by atoms with Crippen LogP contribution in [0.25, 0.3) is 10.4 Å². The highest BCUT2D eigenvalue weighted by molar-refractivity contribution is 7.20. The van der Waals surface area contributed by atoms with Gasteiger partial charge in [-0.2, -0.15) is 0 Å². The predicted molar refractivity (Wildman–Crippen MR) is 116 cm³/mol. The average molecular weight is 417 g/mol. The maximum atomic E-state index is 13.3. The summed E-state index contributed by atoms with van der Waals surface area (Å²) in [5.41, 5.74) is 2.54. The molecule has 1 aromatic heterocycles. The molecule has 7 heteroatoms. The molecule has 1 saturated heterocycles. The largest absolute Gasteiger partial charge is 0.382 e. The molecule has 156 valence electrons. The van der Waals surface area contributed by atoms with Gasteiger partial charge in [-0.15, -0.1) is 11.3 Å². The summed E-state index contributed by atoms with van der Waals surface area (Å²) >= 11 is 1.46. The van der Waals surface area contributed by atoms with Crippen LogP contribution >= 0.6 is 11.3 Å². The van der Waals surface area contributed by atoms with E-state index in [2.05, 4.69) is 5.32 Å². The summed E-state index contributed by atoms with van der Waals surface area (Å²) in [5, 5.41) is 3.61. The molecule has 6 nitrogen and oxygen atoms in total. The summed E-state index contributed by atoms with van der Waals surface area (Å²) in [6, 6.07) is 9.96. The number of carbonyl (C=O) groups excluding carboxylic acids is 2. The predicted octanol–water partition coefficient (Wildman–Crippen LogP) is 3.95. The maximum Gasteiger partial charge on any atom is 0.257 e. The van der Waals surface area contributed by atoms with E-state index in [4.69, 9.17) is 9.47 Å². The minimum absolute atomic E-state index is 0.0474. The molecule has 0 spiro atoms. The SMILES string of the molecule is CCOCCCC(=O)Nc1sc(-c2ccccc2)c(C)c1C(=O)N1CCOCC1. The Morgan fingerprint density at radius 3 is 2.62 bits per heavy atom. The second-order valence-electron chi connectivity index (χ2n) is 6.88. The van der Waals surface area contributed by atoms with Gasteiger partial charge in [0.2, 0.25) is 5.91 Å². The van der Waals surface area contributed by atoms with Gasteiger partial charge in [-0.1, -0.05) is 30.3 Å². The van der Waals surface area contributed by atoms with E-state index in [0.717, 1.165) is 16.0 Å². The standard InChI is InChI=1S/C22H28N2O4S/c1-3-27-13-7-10-18(25)23-21-19(22(26)24-11-14-28-15-12-24)16(2)20(29-21)17-8-5-4-6-9-17/h4-6,8-9H,3,7,10-15H2,1-2H3,(H,23,25). The number of hydrogen-bond donors (Lipinski definition) is 1. The smallest absolute Gasteiger partial charge is 0.257 e. The van der Waals surface area contributed by atoms with Crippen LogP contribution in [0.2, 0.25) is 0 Å². The molecule has 2 heterocycles. The topological polar surface area (TPSA) is 67.9 Å². The third kappa shape index (κ3) is 5.44. The molecule has 2 amide bonds. The Kier molecular flexibility index (Phi) is 7.80. The van der Waals surface area contributed by atoms with Crippen molar-refractivity contribution in [1.29, 1.82) is 0 Å². The van der Waals surface area contributed by atoms with Crippen LogP contribution in [0.5, 0.6) is 0 Å². The van der Waals surface area contributed by atoms with E-state index >= 15 is 0 Å². The van der Waals surface area contributed by atoms with Crippen molar-refractivity contribution in [3.05, 3.63) is 41.5 Å². The normalized spacial score (nSPS) is 14.1. The number of rotatable bonds is 8. The Balaban J connectivity index is 1.86. The first-order chi connectivity index (χ1) is 14.1. The molecule has 0 unspecified atom stereocenters. The third-order valence-electron chi connectivity index (χ3n) is 4.84. The van der Waals surface area contributed by atoms with Crippen molar-refractivity contribution >= 4 is 28.2 Å². The summed E-state index contributed by atoms with van der Waals surface area (Å²) in [6.07, 6.45) is 1.02. The van der Waals surface area contributed by atoms with Gasteiger partial charge in [0, 0.05) is 37.6 Å². The number of hydrogen-bond acceptors (Lipinski definition) is 5. The minimum atomic E-state index is -0.0957. The zero-order valence-electron chi connectivity index (χ0n) is 17.0. The zero-order chi connectivity index (χ0) is 20.6. The highest BCUT2D eigenvalue weighted by atomic mass is 32.1. The third-order valence-corrected chi connectivity index (χ3v) is 6.10. The van der Waals surface area contributed by atoms with Crippen molar-refractivity contribution in [3.8, 4) is 10.4 Å². The molecular weight excluding hydrogens is 388 g/mol. The Labute approximate surface area is 175 Å². The fourth-order valence-electron chi connectivity index (χ4n) is 3.32. The van der Waals surface area contributed by atoms with E-state index in [9.17, 15) is 9.59 Å². The summed E-state index contributed by atoms with van der Waals surface area (Å²) in [4.78, 5) is 28.6. The van der Waals surface area contributed by atoms with Crippen molar-refractivity contribution in [3.63, 3.8) is 0 Å². The van der Waals surface area contributed by atoms with E-state index < -0.39 is 0 Å². The molecule has 29 heavy (non-hydrogen) atoms. The molecule has 1 fully saturated rings. The molecule has 1 aliphatic rings. The minimum Gasteiger partial charge on any atom is -0.382 e. The number of nitrogens with zero attached hydrogens (tertiary/aromatic N) is 1. The number of nitrogens with one attached hydrogen (secondary N) is 1. The van der Waals surface area contributed by atoms with Crippen LogP contribution in [0, 0.1) is 6.92 Å². The van der Waals surface area contributed by atoms with Gasteiger partial charge in [-0.3, -0.25) is 9.59 Å². The Morgan fingerprint density at radius 2 is 1.93 bits per heavy atom. The zero-order valence-corrected chi connectivity index (χ0v) is 17.8. The molecule has 0 aliphatic carbocycles. The summed E-state index contributed by atoms with van der Waals surface area (Å²) in [7, 11) is 0. The second-order valence-corrected chi connectivity index (χ2v) is 7.90. The molecule has 1 N–H and O–H groups in total. The Morgan fingerprint density at radius 1 is 1.21 bits per heavy atom. The van der Waals surface area contributed by atoms with E-state index in [-0.39, 0.29) is 11.8 Å². The fraction of sp³-hybridized carbons (Fsp3) is 0.455. The number of ether oxygens (including phenoxy) is 2. The summed E-state index contributed by atoms with van der Waals surface area (Å²) < 4.78 is 10.7. The highest BCUT2D eigenvalue weighted by Crippen LogP contribution is 2.40. The van der Waals surface area contributed by atoms with Crippen molar-refractivity contribution < 1.29 is 19.1 Å². The molecule has 2 aromatic rings. The van der Waals surface area contributed by atoms with Crippen LogP contribution < -0.4 is 5.32 Å². The van der Waals surface area contributed by atoms with Gasteiger partial charge in [-0.25, -0.2) is 0 Å². The van der Waals surface area contributed by atoms with Crippen LogP contribution in [-0.4, -0.2) is 56.2 Å². The van der Waals surface area contributed by atoms with Crippen molar-refractivity contribution in [1.82, 2.24) is 4.90 Å². The van der Waals surface area contributed by atoms with Gasteiger partial charge >= 0.3 is 0 Å². The number of benzene rings is 1. The fourth-order valence-corrected chi connectivity index (χ4v) is 4.54. The monoisotopic (exact) mass is 416 g/mol. The lowest BCUT2D eigenvalue weighted by Crippen LogP contribution is -2.41. The highest BCUT2D eigenvalue weighted by Gasteiger charge is 2.27. The van der Waals surface area contributed by atoms with Crippen LogP contribution in [0.3, 0.4) is 0 Å². The Hall–Kier alpha value is -2.22. The van der Waals surface area contributed by atoms with Crippen LogP contribution in [-0.2, 0) is 14.3 Å². The van der Waals surface area contributed by atoms with Crippen molar-refractivity contribution in [2.75, 3.05) is 44.8 Å². The van der Waals surface area contributed by atoms with Crippen molar-refractivity contribution in [2.45, 2.75) is 26.7 Å². The molecule has 1 aliphatic heterocycles. The number of morpholine rings is 1. The van der Waals surface area contributed by atoms with Gasteiger partial charge in [0.1, 0.15) is 5.00 Å². The van der Waals surface area contributed by atoms with E-state index in [1.54, 1.807) is 4.90 Å². The number of anilines is 1. The van der Waals surface area contributed by atoms with Crippen LogP contribution in [0.1, 0.15) is 35.7 Å². The number of thiophene rings is 1. The Bertz CT molecular complexity index is 829. The molecule has 3 rings (SSSR count). The molecule has 0 atom stereocenters. The molecule has 1 aromatic carbocycles. The van der Waals surface area contributed by atoms with Gasteiger partial charge in [-0.05, 0) is 31.4 Å². The first-order valence-electron chi connectivity index (χ1n) is 10.0. The maximum absolute atomic E-state index is 13.3. The average Bonchev–Trinajstić information content (AvgIpc) is 3.07. The van der Waals surface area contributed by atoms with Crippen molar-refractivity contribution in [2.24, 2.45) is 0 Å². The molecular formula is C22H28N2O4S. The van der Waals surface area contributed by atoms with Gasteiger partial charge in [0.05, 0.1) is 18.8 Å². The van der Waals surface area contributed by atoms with Gasteiger partial charge in [0.25, 0.3) is 5.91 Å². The number of carbonyl (C=O) groups is 2. The second kappa shape index (κ2) is 10.5. The van der Waals surface area contributed by atoms with Crippen LogP contribution in [0.4, 0.5) is 5.00 Å². The number of amides is 2. The van der Waals surface area contributed by atoms with Crippen LogP contribution in [0.15, 0.2) is 30.3 Å². The summed E-state index contributed by atoms with van der Waals surface area (Å²) in [6.45, 7) is 7.30. The first kappa shape index (κ1) is 21.5. The van der Waals surface area contributed by atoms with E-state index in [1.807, 2.05) is 44.2 Å². The summed E-state index contributed by atoms with van der Waals surface area (Å²) in [5.74, 6) is -0.143. The van der Waals surface area contributed by atoms with Gasteiger partial charge in [0.15, 0.2) is 0 Å². The van der Waals surface area contributed by atoms with E-state index in [1.165, 1.54) is 11.3 Å².